The number of fused-ring (bicyclic) bond motifs is 1. The third-order valence-corrected chi connectivity index (χ3v) is 7.63. The van der Waals surface area contributed by atoms with Gasteiger partial charge in [-0.25, -0.2) is 0 Å². The number of rotatable bonds is 13. The minimum Gasteiger partial charge on any atom is -0.497 e. The number of carboxylic acids is 1. The molecule has 2 aromatic heterocycles. The number of pyridine rings is 1. The standard InChI is InChI=1S/C29H38N4O4/c1-37-24-7-8-27-26(18-24)25(11-13-32-27)28(34)9-5-21-12-17-33(20-22(21)6-10-29(35)36)16-3-2-4-23-19-30-14-15-31-23/h7-8,11,13-15,18-19,21-22,28,34H,2-6,9-10,12,16-17,20H2,1H3,(H,35,36)/t21-,22+,28?/m1/s1. The number of nitrogens with zero attached hydrogens (tertiary/aromatic N) is 4. The molecule has 1 unspecified atom stereocenters. The van der Waals surface area contributed by atoms with E-state index < -0.39 is 12.1 Å². The highest BCUT2D eigenvalue weighted by Crippen LogP contribution is 2.35. The first kappa shape index (κ1) is 26.9. The minimum atomic E-state index is -0.739. The molecule has 8 nitrogen and oxygen atoms in total. The second-order valence-electron chi connectivity index (χ2n) is 10.1. The van der Waals surface area contributed by atoms with Gasteiger partial charge in [-0.15, -0.1) is 0 Å². The minimum absolute atomic E-state index is 0.193. The number of piperidine rings is 1. The molecule has 3 aromatic rings. The smallest absolute Gasteiger partial charge is 0.303 e. The third-order valence-electron chi connectivity index (χ3n) is 7.63. The van der Waals surface area contributed by atoms with E-state index in [1.165, 1.54) is 0 Å². The number of likely N-dealkylation sites (tertiary alicyclic amines) is 1. The summed E-state index contributed by atoms with van der Waals surface area (Å²) < 4.78 is 5.37. The third kappa shape index (κ3) is 7.69. The van der Waals surface area contributed by atoms with Gasteiger partial charge in [0.1, 0.15) is 5.75 Å². The van der Waals surface area contributed by atoms with E-state index >= 15 is 0 Å². The summed E-state index contributed by atoms with van der Waals surface area (Å²) in [5.41, 5.74) is 2.73. The van der Waals surface area contributed by atoms with Crippen LogP contribution in [0.4, 0.5) is 0 Å². The number of benzene rings is 1. The number of aromatic nitrogens is 3. The van der Waals surface area contributed by atoms with E-state index in [1.807, 2.05) is 30.5 Å². The molecule has 1 aliphatic rings. The van der Waals surface area contributed by atoms with E-state index in [0.29, 0.717) is 24.7 Å². The van der Waals surface area contributed by atoms with Gasteiger partial charge in [0, 0.05) is 43.1 Å². The Morgan fingerprint density at radius 2 is 2.03 bits per heavy atom. The number of ether oxygens (including phenoxy) is 1. The number of methoxy groups -OCH3 is 1. The Morgan fingerprint density at radius 3 is 2.81 bits per heavy atom. The van der Waals surface area contributed by atoms with E-state index in [4.69, 9.17) is 4.74 Å². The molecule has 0 spiro atoms. The van der Waals surface area contributed by atoms with Gasteiger partial charge in [0.2, 0.25) is 0 Å². The lowest BCUT2D eigenvalue weighted by Gasteiger charge is -2.39. The molecule has 0 aliphatic carbocycles. The maximum atomic E-state index is 11.3. The largest absolute Gasteiger partial charge is 0.497 e. The normalized spacial score (nSPS) is 19.1. The maximum Gasteiger partial charge on any atom is 0.303 e. The number of aliphatic hydroxyl groups excluding tert-OH is 1. The molecule has 2 N–H and O–H groups in total. The molecule has 1 aliphatic heterocycles. The van der Waals surface area contributed by atoms with Gasteiger partial charge in [-0.3, -0.25) is 19.7 Å². The van der Waals surface area contributed by atoms with Crippen molar-refractivity contribution >= 4 is 16.9 Å². The molecule has 8 heteroatoms. The van der Waals surface area contributed by atoms with Crippen LogP contribution in [-0.4, -0.2) is 62.8 Å². The van der Waals surface area contributed by atoms with Crippen LogP contribution in [0.5, 0.6) is 5.75 Å². The number of carboxylic acid groups (broad SMARTS) is 1. The van der Waals surface area contributed by atoms with Crippen LogP contribution < -0.4 is 4.74 Å². The number of aliphatic hydroxyl groups is 1. The monoisotopic (exact) mass is 506 g/mol. The highest BCUT2D eigenvalue weighted by Gasteiger charge is 2.30. The average molecular weight is 507 g/mol. The molecule has 0 amide bonds. The quantitative estimate of drug-likeness (QED) is 0.322. The zero-order valence-electron chi connectivity index (χ0n) is 21.6. The molecule has 1 saturated heterocycles. The van der Waals surface area contributed by atoms with Crippen molar-refractivity contribution in [1.29, 1.82) is 0 Å². The summed E-state index contributed by atoms with van der Waals surface area (Å²) in [6.07, 6.45) is 12.9. The predicted molar refractivity (Wildman–Crippen MR) is 142 cm³/mol. The molecule has 3 heterocycles. The fraction of sp³-hybridized carbons (Fsp3) is 0.517. The molecule has 4 rings (SSSR count). The number of hydrogen-bond donors (Lipinski definition) is 2. The van der Waals surface area contributed by atoms with E-state index in [-0.39, 0.29) is 6.42 Å². The Hall–Kier alpha value is -3.10. The van der Waals surface area contributed by atoms with E-state index in [2.05, 4.69) is 19.9 Å². The highest BCUT2D eigenvalue weighted by atomic mass is 16.5. The van der Waals surface area contributed by atoms with Crippen LogP contribution in [0.3, 0.4) is 0 Å². The number of hydrogen-bond acceptors (Lipinski definition) is 7. The molecule has 1 aromatic carbocycles. The zero-order valence-corrected chi connectivity index (χ0v) is 21.6. The Balaban J connectivity index is 1.32. The summed E-state index contributed by atoms with van der Waals surface area (Å²) in [5, 5.41) is 21.3. The lowest BCUT2D eigenvalue weighted by Crippen LogP contribution is -2.41. The molecule has 3 atom stereocenters. The maximum absolute atomic E-state index is 11.3. The SMILES string of the molecule is COc1ccc2nccc(C(O)CC[C@@H]3CCN(CCCCc4cnccn4)C[C@@H]3CCC(=O)O)c2c1. The molecule has 0 bridgehead atoms. The first-order valence-electron chi connectivity index (χ1n) is 13.3. The lowest BCUT2D eigenvalue weighted by molar-refractivity contribution is -0.137. The molecular weight excluding hydrogens is 468 g/mol. The van der Waals surface area contributed by atoms with Crippen LogP contribution in [0.2, 0.25) is 0 Å². The van der Waals surface area contributed by atoms with Crippen LogP contribution in [0.15, 0.2) is 49.1 Å². The van der Waals surface area contributed by atoms with E-state index in [1.54, 1.807) is 25.7 Å². The Morgan fingerprint density at radius 1 is 1.14 bits per heavy atom. The summed E-state index contributed by atoms with van der Waals surface area (Å²) in [4.78, 5) is 26.7. The summed E-state index contributed by atoms with van der Waals surface area (Å²) in [7, 11) is 1.63. The zero-order chi connectivity index (χ0) is 26.0. The van der Waals surface area contributed by atoms with E-state index in [0.717, 1.165) is 79.6 Å². The molecular formula is C29H38N4O4. The van der Waals surface area contributed by atoms with Crippen LogP contribution >= 0.6 is 0 Å². The van der Waals surface area contributed by atoms with Crippen LogP contribution in [0, 0.1) is 11.8 Å². The topological polar surface area (TPSA) is 109 Å². The van der Waals surface area contributed by atoms with Crippen molar-refractivity contribution in [3.8, 4) is 5.75 Å². The van der Waals surface area contributed by atoms with Crippen molar-refractivity contribution < 1.29 is 19.7 Å². The number of aliphatic carboxylic acids is 1. The van der Waals surface area contributed by atoms with Crippen LogP contribution in [0.1, 0.15) is 62.3 Å². The van der Waals surface area contributed by atoms with Crippen molar-refractivity contribution in [2.45, 2.75) is 57.5 Å². The van der Waals surface area contributed by atoms with Gasteiger partial charge in [-0.2, -0.15) is 0 Å². The summed E-state index contributed by atoms with van der Waals surface area (Å²) >= 11 is 0. The Kier molecular flexibility index (Phi) is 9.79. The van der Waals surface area contributed by atoms with Gasteiger partial charge in [-0.05, 0) is 99.7 Å². The van der Waals surface area contributed by atoms with Crippen molar-refractivity contribution in [2.75, 3.05) is 26.7 Å². The number of unbranched alkanes of at least 4 members (excludes halogenated alkanes) is 1. The molecule has 0 saturated carbocycles. The van der Waals surface area contributed by atoms with Crippen molar-refractivity contribution in [1.82, 2.24) is 19.9 Å². The summed E-state index contributed by atoms with van der Waals surface area (Å²) in [6.45, 7) is 2.96. The van der Waals surface area contributed by atoms with E-state index in [9.17, 15) is 15.0 Å². The predicted octanol–water partition coefficient (Wildman–Crippen LogP) is 4.67. The fourth-order valence-corrected chi connectivity index (χ4v) is 5.57. The molecule has 198 valence electrons. The van der Waals surface area contributed by atoms with Gasteiger partial charge in [0.25, 0.3) is 0 Å². The number of carbonyl (C=O) groups is 1. The number of aryl methyl sites for hydroxylation is 1. The van der Waals surface area contributed by atoms with Crippen molar-refractivity contribution in [3.05, 3.63) is 60.3 Å². The molecule has 37 heavy (non-hydrogen) atoms. The summed E-state index contributed by atoms with van der Waals surface area (Å²) in [6, 6.07) is 7.61. The summed E-state index contributed by atoms with van der Waals surface area (Å²) in [5.74, 6) is 0.739. The van der Waals surface area contributed by atoms with Gasteiger partial charge in [0.15, 0.2) is 0 Å². The van der Waals surface area contributed by atoms with Crippen molar-refractivity contribution in [3.63, 3.8) is 0 Å². The first-order valence-corrected chi connectivity index (χ1v) is 13.3. The highest BCUT2D eigenvalue weighted by molar-refractivity contribution is 5.83. The first-order chi connectivity index (χ1) is 18.0. The fourth-order valence-electron chi connectivity index (χ4n) is 5.57. The van der Waals surface area contributed by atoms with Gasteiger partial charge >= 0.3 is 5.97 Å². The van der Waals surface area contributed by atoms with Crippen molar-refractivity contribution in [2.24, 2.45) is 11.8 Å². The molecule has 0 radical (unpaired) electrons. The second kappa shape index (κ2) is 13.4. The van der Waals surface area contributed by atoms with Gasteiger partial charge in [-0.1, -0.05) is 0 Å². The Labute approximate surface area is 218 Å². The Bertz CT molecular complexity index is 1140. The van der Waals surface area contributed by atoms with Crippen LogP contribution in [-0.2, 0) is 11.2 Å². The second-order valence-corrected chi connectivity index (χ2v) is 10.1. The van der Waals surface area contributed by atoms with Gasteiger partial charge < -0.3 is 19.8 Å². The van der Waals surface area contributed by atoms with Crippen LogP contribution in [0.25, 0.3) is 10.9 Å². The molecule has 1 fully saturated rings. The average Bonchev–Trinajstić information content (AvgIpc) is 2.93. The lowest BCUT2D eigenvalue weighted by atomic mass is 9.79. The van der Waals surface area contributed by atoms with Gasteiger partial charge in [0.05, 0.1) is 24.4 Å².